The molecule has 2 rings (SSSR count). The highest BCUT2D eigenvalue weighted by Crippen LogP contribution is 2.24. The molecule has 0 bridgehead atoms. The van der Waals surface area contributed by atoms with Gasteiger partial charge in [0.05, 0.1) is 13.2 Å². The first-order valence-corrected chi connectivity index (χ1v) is 7.82. The van der Waals surface area contributed by atoms with Crippen LogP contribution in [0.15, 0.2) is 48.5 Å². The summed E-state index contributed by atoms with van der Waals surface area (Å²) in [5.74, 6) is 0.234. The molecule has 0 radical (unpaired) electrons. The Kier molecular flexibility index (Phi) is 6.18. The molecule has 0 saturated heterocycles. The van der Waals surface area contributed by atoms with Gasteiger partial charge in [-0.15, -0.1) is 0 Å². The minimum Gasteiger partial charge on any atom is -0.497 e. The molecule has 5 heteroatoms. The summed E-state index contributed by atoms with van der Waals surface area (Å²) in [7, 11) is 1.61. The number of amides is 1. The largest absolute Gasteiger partial charge is 0.497 e. The molecule has 128 valence electrons. The van der Waals surface area contributed by atoms with Gasteiger partial charge in [0.25, 0.3) is 5.91 Å². The van der Waals surface area contributed by atoms with Gasteiger partial charge in [0.15, 0.2) is 18.2 Å². The van der Waals surface area contributed by atoms with Gasteiger partial charge in [-0.25, -0.2) is 4.39 Å². The van der Waals surface area contributed by atoms with Crippen LogP contribution >= 0.6 is 0 Å². The minimum atomic E-state index is -0.485. The summed E-state index contributed by atoms with van der Waals surface area (Å²) < 4.78 is 23.9. The second-order valence-corrected chi connectivity index (χ2v) is 5.78. The van der Waals surface area contributed by atoms with Crippen LogP contribution in [0.4, 0.5) is 4.39 Å². The van der Waals surface area contributed by atoms with Crippen LogP contribution in [-0.4, -0.2) is 19.6 Å². The lowest BCUT2D eigenvalue weighted by molar-refractivity contribution is -0.124. The standard InChI is InChI=1S/C19H22FNO3/c1-13(2)19(14-8-10-15(23-3)11-9-14)21-18(22)12-24-17-7-5-4-6-16(17)20/h4-11,13,19H,12H2,1-3H3,(H,21,22)/t19-/m0/s1. The van der Waals surface area contributed by atoms with E-state index in [-0.39, 0.29) is 30.2 Å². The Bertz CT molecular complexity index is 671. The molecule has 0 aliphatic rings. The van der Waals surface area contributed by atoms with Crippen LogP contribution < -0.4 is 14.8 Å². The maximum absolute atomic E-state index is 13.5. The van der Waals surface area contributed by atoms with E-state index in [1.165, 1.54) is 12.1 Å². The molecule has 1 amide bonds. The van der Waals surface area contributed by atoms with Crippen molar-refractivity contribution < 1.29 is 18.7 Å². The van der Waals surface area contributed by atoms with Gasteiger partial charge in [-0.1, -0.05) is 38.1 Å². The lowest BCUT2D eigenvalue weighted by Crippen LogP contribution is -2.35. The van der Waals surface area contributed by atoms with E-state index in [0.29, 0.717) is 0 Å². The molecule has 1 N–H and O–H groups in total. The predicted molar refractivity (Wildman–Crippen MR) is 90.6 cm³/mol. The first-order valence-electron chi connectivity index (χ1n) is 7.82. The van der Waals surface area contributed by atoms with Gasteiger partial charge >= 0.3 is 0 Å². The number of benzene rings is 2. The number of carbonyl (C=O) groups excluding carboxylic acids is 1. The predicted octanol–water partition coefficient (Wildman–Crippen LogP) is 3.73. The molecule has 0 spiro atoms. The molecule has 1 atom stereocenters. The number of para-hydroxylation sites is 1. The van der Waals surface area contributed by atoms with Crippen LogP contribution in [0.25, 0.3) is 0 Å². The Balaban J connectivity index is 1.99. The zero-order valence-corrected chi connectivity index (χ0v) is 14.1. The zero-order valence-electron chi connectivity index (χ0n) is 14.1. The molecule has 0 fully saturated rings. The van der Waals surface area contributed by atoms with Gasteiger partial charge < -0.3 is 14.8 Å². The Morgan fingerprint density at radius 2 is 1.79 bits per heavy atom. The fourth-order valence-electron chi connectivity index (χ4n) is 2.37. The monoisotopic (exact) mass is 331 g/mol. The van der Waals surface area contributed by atoms with Crippen molar-refractivity contribution in [1.29, 1.82) is 0 Å². The van der Waals surface area contributed by atoms with E-state index in [0.717, 1.165) is 11.3 Å². The lowest BCUT2D eigenvalue weighted by Gasteiger charge is -2.23. The van der Waals surface area contributed by atoms with Crippen molar-refractivity contribution in [2.45, 2.75) is 19.9 Å². The van der Waals surface area contributed by atoms with Crippen molar-refractivity contribution in [1.82, 2.24) is 5.32 Å². The van der Waals surface area contributed by atoms with Gasteiger partial charge in [0.2, 0.25) is 0 Å². The van der Waals surface area contributed by atoms with Crippen LogP contribution in [0.5, 0.6) is 11.5 Å². The number of hydrogen-bond acceptors (Lipinski definition) is 3. The van der Waals surface area contributed by atoms with E-state index >= 15 is 0 Å². The second kappa shape index (κ2) is 8.34. The number of hydrogen-bond donors (Lipinski definition) is 1. The molecule has 2 aromatic carbocycles. The van der Waals surface area contributed by atoms with Gasteiger partial charge in [-0.3, -0.25) is 4.79 Å². The molecule has 24 heavy (non-hydrogen) atoms. The Labute approximate surface area is 141 Å². The number of nitrogens with one attached hydrogen (secondary N) is 1. The third kappa shape index (κ3) is 4.72. The van der Waals surface area contributed by atoms with E-state index in [2.05, 4.69) is 5.32 Å². The topological polar surface area (TPSA) is 47.6 Å². The third-order valence-corrected chi connectivity index (χ3v) is 3.65. The van der Waals surface area contributed by atoms with Crippen molar-refractivity contribution in [3.63, 3.8) is 0 Å². The molecule has 4 nitrogen and oxygen atoms in total. The highest BCUT2D eigenvalue weighted by atomic mass is 19.1. The number of methoxy groups -OCH3 is 1. The normalized spacial score (nSPS) is 11.9. The summed E-state index contributed by atoms with van der Waals surface area (Å²) in [4.78, 5) is 12.2. The number of ether oxygens (including phenoxy) is 2. The fourth-order valence-corrected chi connectivity index (χ4v) is 2.37. The zero-order chi connectivity index (χ0) is 17.5. The molecule has 0 aliphatic carbocycles. The summed E-state index contributed by atoms with van der Waals surface area (Å²) >= 11 is 0. The Morgan fingerprint density at radius 1 is 1.12 bits per heavy atom. The highest BCUT2D eigenvalue weighted by molar-refractivity contribution is 5.78. The molecule has 0 aliphatic heterocycles. The van der Waals surface area contributed by atoms with Crippen molar-refractivity contribution in [2.24, 2.45) is 5.92 Å². The van der Waals surface area contributed by atoms with E-state index in [1.807, 2.05) is 38.1 Å². The summed E-state index contributed by atoms with van der Waals surface area (Å²) in [5.41, 5.74) is 0.977. The van der Waals surface area contributed by atoms with Gasteiger partial charge in [-0.05, 0) is 35.7 Å². The van der Waals surface area contributed by atoms with Crippen molar-refractivity contribution >= 4 is 5.91 Å². The summed E-state index contributed by atoms with van der Waals surface area (Å²) in [6.07, 6.45) is 0. The number of rotatable bonds is 7. The average Bonchev–Trinajstić information content (AvgIpc) is 2.59. The SMILES string of the molecule is COc1ccc([C@@H](NC(=O)COc2ccccc2F)C(C)C)cc1. The molecule has 2 aromatic rings. The van der Waals surface area contributed by atoms with Crippen LogP contribution in [0.1, 0.15) is 25.5 Å². The molecule has 0 unspecified atom stereocenters. The van der Waals surface area contributed by atoms with Crippen LogP contribution in [0, 0.1) is 11.7 Å². The van der Waals surface area contributed by atoms with Crippen LogP contribution in [0.2, 0.25) is 0 Å². The van der Waals surface area contributed by atoms with Gasteiger partial charge in [0.1, 0.15) is 5.75 Å². The highest BCUT2D eigenvalue weighted by Gasteiger charge is 2.19. The maximum atomic E-state index is 13.5. The van der Waals surface area contributed by atoms with Gasteiger partial charge in [-0.2, -0.15) is 0 Å². The second-order valence-electron chi connectivity index (χ2n) is 5.78. The maximum Gasteiger partial charge on any atom is 0.258 e. The molecule has 0 aromatic heterocycles. The minimum absolute atomic E-state index is 0.0678. The number of carbonyl (C=O) groups is 1. The summed E-state index contributed by atoms with van der Waals surface area (Å²) in [6.45, 7) is 3.81. The van der Waals surface area contributed by atoms with Crippen molar-refractivity contribution in [2.75, 3.05) is 13.7 Å². The van der Waals surface area contributed by atoms with Crippen molar-refractivity contribution in [3.05, 3.63) is 59.9 Å². The van der Waals surface area contributed by atoms with E-state index in [9.17, 15) is 9.18 Å². The van der Waals surface area contributed by atoms with Crippen molar-refractivity contribution in [3.8, 4) is 11.5 Å². The quantitative estimate of drug-likeness (QED) is 0.841. The Morgan fingerprint density at radius 3 is 2.38 bits per heavy atom. The summed E-state index contributed by atoms with van der Waals surface area (Å²) in [6, 6.07) is 13.4. The van der Waals surface area contributed by atoms with Crippen LogP contribution in [0.3, 0.4) is 0 Å². The molecular weight excluding hydrogens is 309 g/mol. The fraction of sp³-hybridized carbons (Fsp3) is 0.316. The molecule has 0 heterocycles. The van der Waals surface area contributed by atoms with E-state index in [4.69, 9.17) is 9.47 Å². The molecular formula is C19H22FNO3. The first-order chi connectivity index (χ1) is 11.5. The van der Waals surface area contributed by atoms with E-state index < -0.39 is 5.82 Å². The smallest absolute Gasteiger partial charge is 0.258 e. The van der Waals surface area contributed by atoms with E-state index in [1.54, 1.807) is 19.2 Å². The number of halogens is 1. The average molecular weight is 331 g/mol. The first kappa shape index (κ1) is 17.8. The lowest BCUT2D eigenvalue weighted by atomic mass is 9.96. The summed E-state index contributed by atoms with van der Waals surface area (Å²) in [5, 5.41) is 2.93. The molecule has 0 saturated carbocycles. The third-order valence-electron chi connectivity index (χ3n) is 3.65. The Hall–Kier alpha value is -2.56. The van der Waals surface area contributed by atoms with Crippen LogP contribution in [-0.2, 0) is 4.79 Å². The van der Waals surface area contributed by atoms with Gasteiger partial charge in [0, 0.05) is 0 Å².